The smallest absolute Gasteiger partial charge is 0.261 e. The molecule has 0 radical (unpaired) electrons. The molecule has 1 aromatic rings. The Bertz CT molecular complexity index is 541. The van der Waals surface area contributed by atoms with E-state index < -0.39 is 5.91 Å². The summed E-state index contributed by atoms with van der Waals surface area (Å²) < 4.78 is 0. The van der Waals surface area contributed by atoms with Gasteiger partial charge in [0.2, 0.25) is 5.91 Å². The highest BCUT2D eigenvalue weighted by atomic mass is 32.1. The second kappa shape index (κ2) is 8.61. The number of hydrogen-bond acceptors (Lipinski definition) is 5. The van der Waals surface area contributed by atoms with E-state index in [0.29, 0.717) is 4.88 Å². The van der Waals surface area contributed by atoms with Crippen molar-refractivity contribution in [1.29, 1.82) is 0 Å². The minimum Gasteiger partial charge on any atom is -0.345 e. The molecule has 2 heterocycles. The lowest BCUT2D eigenvalue weighted by molar-refractivity contribution is -0.884. The molecule has 23 heavy (non-hydrogen) atoms. The first-order valence-corrected chi connectivity index (χ1v) is 8.36. The minimum atomic E-state index is -0.395. The number of nitrogens with zero attached hydrogens (tertiary/aromatic N) is 1. The van der Waals surface area contributed by atoms with Gasteiger partial charge in [-0.2, -0.15) is 0 Å². The number of quaternary nitrogens is 1. The fourth-order valence-corrected chi connectivity index (χ4v) is 2.75. The van der Waals surface area contributed by atoms with E-state index in [4.69, 9.17) is 0 Å². The molecule has 0 aliphatic carbocycles. The Labute approximate surface area is 138 Å². The maximum Gasteiger partial charge on any atom is 0.261 e. The van der Waals surface area contributed by atoms with Gasteiger partial charge in [0.05, 0.1) is 51.2 Å². The summed E-state index contributed by atoms with van der Waals surface area (Å²) in [5.74, 6) is -0.949. The topological polar surface area (TPSA) is 95.0 Å². The van der Waals surface area contributed by atoms with E-state index in [2.05, 4.69) is 23.1 Å². The summed E-state index contributed by atoms with van der Waals surface area (Å²) >= 11 is 1.31. The average molecular weight is 340 g/mol. The first kappa shape index (κ1) is 17.4. The Morgan fingerprint density at radius 1 is 1.17 bits per heavy atom. The number of thiophene rings is 1. The van der Waals surface area contributed by atoms with E-state index in [1.807, 2.05) is 5.01 Å². The average Bonchev–Trinajstić information content (AvgIpc) is 3.07. The fourth-order valence-electron chi connectivity index (χ4n) is 2.11. The summed E-state index contributed by atoms with van der Waals surface area (Å²) in [5.41, 5.74) is 2.76. The highest BCUT2D eigenvalue weighted by molar-refractivity contribution is 7.12. The summed E-state index contributed by atoms with van der Waals surface area (Å²) in [7, 11) is 2.11. The highest BCUT2D eigenvalue weighted by Gasteiger charge is 2.18. The molecule has 9 heteroatoms. The lowest BCUT2D eigenvalue weighted by Gasteiger charge is -2.30. The van der Waals surface area contributed by atoms with Gasteiger partial charge in [-0.3, -0.25) is 19.8 Å². The molecule has 3 amide bonds. The number of carbonyl (C=O) groups is 3. The zero-order valence-electron chi connectivity index (χ0n) is 13.1. The molecule has 0 spiro atoms. The van der Waals surface area contributed by atoms with E-state index in [-0.39, 0.29) is 24.9 Å². The van der Waals surface area contributed by atoms with Crippen molar-refractivity contribution in [2.45, 2.75) is 0 Å². The maximum absolute atomic E-state index is 11.8. The van der Waals surface area contributed by atoms with Crippen LogP contribution in [0.4, 0.5) is 0 Å². The molecule has 1 aromatic heterocycles. The molecule has 8 nitrogen and oxygen atoms in total. The van der Waals surface area contributed by atoms with Crippen LogP contribution in [-0.4, -0.2) is 69.0 Å². The molecule has 0 saturated carbocycles. The van der Waals surface area contributed by atoms with Crippen LogP contribution in [0, 0.1) is 0 Å². The summed E-state index contributed by atoms with van der Waals surface area (Å²) in [6.07, 6.45) is 0. The molecule has 0 unspecified atom stereocenters. The van der Waals surface area contributed by atoms with Crippen molar-refractivity contribution in [3.63, 3.8) is 0 Å². The third kappa shape index (κ3) is 5.97. The molecule has 2 rings (SSSR count). The quantitative estimate of drug-likeness (QED) is 0.459. The largest absolute Gasteiger partial charge is 0.345 e. The predicted octanol–water partition coefficient (Wildman–Crippen LogP) is -2.54. The second-order valence-corrected chi connectivity index (χ2v) is 6.36. The zero-order valence-corrected chi connectivity index (χ0v) is 13.9. The summed E-state index contributed by atoms with van der Waals surface area (Å²) in [6, 6.07) is 3.45. The van der Waals surface area contributed by atoms with Crippen LogP contribution in [0.2, 0.25) is 0 Å². The van der Waals surface area contributed by atoms with Crippen molar-refractivity contribution in [2.75, 3.05) is 46.3 Å². The van der Waals surface area contributed by atoms with Crippen LogP contribution in [0.25, 0.3) is 0 Å². The molecule has 126 valence electrons. The van der Waals surface area contributed by atoms with Crippen LogP contribution in [0.15, 0.2) is 17.5 Å². The second-order valence-electron chi connectivity index (χ2n) is 5.42. The number of carbonyl (C=O) groups excluding carboxylic acids is 3. The molecular weight excluding hydrogens is 318 g/mol. The van der Waals surface area contributed by atoms with Gasteiger partial charge in [0.25, 0.3) is 11.8 Å². The van der Waals surface area contributed by atoms with Crippen molar-refractivity contribution in [1.82, 2.24) is 21.1 Å². The highest BCUT2D eigenvalue weighted by Crippen LogP contribution is 2.07. The Balaban J connectivity index is 1.60. The summed E-state index contributed by atoms with van der Waals surface area (Å²) in [6.45, 7) is 3.28. The molecule has 4 N–H and O–H groups in total. The Hall–Kier alpha value is -1.97. The van der Waals surface area contributed by atoms with Crippen molar-refractivity contribution in [2.24, 2.45) is 0 Å². The van der Waals surface area contributed by atoms with Gasteiger partial charge in [-0.1, -0.05) is 6.07 Å². The van der Waals surface area contributed by atoms with E-state index in [0.717, 1.165) is 26.2 Å². The fraction of sp³-hybridized carbons (Fsp3) is 0.500. The summed E-state index contributed by atoms with van der Waals surface area (Å²) in [4.78, 5) is 37.1. The van der Waals surface area contributed by atoms with Gasteiger partial charge in [0.1, 0.15) is 0 Å². The number of rotatable bonds is 6. The van der Waals surface area contributed by atoms with Gasteiger partial charge >= 0.3 is 0 Å². The van der Waals surface area contributed by atoms with Gasteiger partial charge in [-0.05, 0) is 11.4 Å². The lowest BCUT2D eigenvalue weighted by atomic mass is 10.4. The Morgan fingerprint density at radius 3 is 2.52 bits per heavy atom. The third-order valence-corrected chi connectivity index (χ3v) is 4.37. The first-order valence-electron chi connectivity index (χ1n) is 7.48. The SMILES string of the molecule is C[NH+]1CCN(NC(=O)CNC(=O)CNC(=O)c2cccs2)CC1. The number of nitrogens with one attached hydrogen (secondary N) is 4. The minimum absolute atomic E-state index is 0.104. The lowest BCUT2D eigenvalue weighted by Crippen LogP contribution is -3.12. The van der Waals surface area contributed by atoms with Crippen LogP contribution in [0.5, 0.6) is 0 Å². The van der Waals surface area contributed by atoms with E-state index >= 15 is 0 Å². The molecule has 0 bridgehead atoms. The van der Waals surface area contributed by atoms with Gasteiger partial charge in [0.15, 0.2) is 0 Å². The van der Waals surface area contributed by atoms with Crippen LogP contribution in [0.3, 0.4) is 0 Å². The number of piperazine rings is 1. The van der Waals surface area contributed by atoms with E-state index in [1.165, 1.54) is 16.2 Å². The Kier molecular flexibility index (Phi) is 6.51. The predicted molar refractivity (Wildman–Crippen MR) is 86.0 cm³/mol. The Morgan fingerprint density at radius 2 is 1.87 bits per heavy atom. The van der Waals surface area contributed by atoms with Crippen LogP contribution in [-0.2, 0) is 9.59 Å². The first-order chi connectivity index (χ1) is 11.0. The number of hydrazine groups is 1. The van der Waals surface area contributed by atoms with Gasteiger partial charge in [-0.25, -0.2) is 5.01 Å². The van der Waals surface area contributed by atoms with Crippen molar-refractivity contribution in [3.05, 3.63) is 22.4 Å². The van der Waals surface area contributed by atoms with Gasteiger partial charge < -0.3 is 15.5 Å². The normalized spacial score (nSPS) is 15.9. The van der Waals surface area contributed by atoms with Crippen molar-refractivity contribution < 1.29 is 19.3 Å². The van der Waals surface area contributed by atoms with E-state index in [9.17, 15) is 14.4 Å². The van der Waals surface area contributed by atoms with Crippen LogP contribution in [0.1, 0.15) is 9.67 Å². The molecule has 1 saturated heterocycles. The van der Waals surface area contributed by atoms with Gasteiger partial charge in [0, 0.05) is 0 Å². The van der Waals surface area contributed by atoms with Crippen LogP contribution >= 0.6 is 11.3 Å². The summed E-state index contributed by atoms with van der Waals surface area (Å²) in [5, 5.41) is 8.65. The van der Waals surface area contributed by atoms with Crippen molar-refractivity contribution >= 4 is 29.1 Å². The molecule has 1 aliphatic rings. The molecule has 0 aromatic carbocycles. The number of amides is 3. The maximum atomic E-state index is 11.8. The number of likely N-dealkylation sites (N-methyl/N-ethyl adjacent to an activating group) is 1. The molecule has 1 aliphatic heterocycles. The van der Waals surface area contributed by atoms with Gasteiger partial charge in [-0.15, -0.1) is 11.3 Å². The number of hydrogen-bond donors (Lipinski definition) is 4. The molecule has 1 fully saturated rings. The third-order valence-electron chi connectivity index (χ3n) is 3.50. The molecule has 0 atom stereocenters. The zero-order chi connectivity index (χ0) is 16.7. The van der Waals surface area contributed by atoms with Crippen molar-refractivity contribution in [3.8, 4) is 0 Å². The monoisotopic (exact) mass is 340 g/mol. The van der Waals surface area contributed by atoms with Crippen LogP contribution < -0.4 is 21.0 Å². The standard InChI is InChI=1S/C14H21N5O3S/c1-18-4-6-19(7-5-18)17-13(21)10-15-12(20)9-16-14(22)11-3-2-8-23-11/h2-3,8H,4-7,9-10H2,1H3,(H,15,20)(H,16,22)(H,17,21)/p+1. The van der Waals surface area contributed by atoms with E-state index in [1.54, 1.807) is 17.5 Å². The molecular formula is C14H22N5O3S+.